The van der Waals surface area contributed by atoms with Gasteiger partial charge in [-0.1, -0.05) is 6.07 Å². The lowest BCUT2D eigenvalue weighted by Crippen LogP contribution is -1.94. The minimum Gasteiger partial charge on any atom is -0.492 e. The zero-order valence-electron chi connectivity index (χ0n) is 6.65. The SMILES string of the molecule is CCOc1c(C)[c]ccc1Br. The van der Waals surface area contributed by atoms with E-state index in [1.54, 1.807) is 0 Å². The van der Waals surface area contributed by atoms with Crippen molar-refractivity contribution in [1.82, 2.24) is 0 Å². The van der Waals surface area contributed by atoms with Crippen LogP contribution in [0.25, 0.3) is 0 Å². The number of benzene rings is 1. The first kappa shape index (κ1) is 8.60. The first-order valence-electron chi connectivity index (χ1n) is 3.55. The Hall–Kier alpha value is -0.500. The number of hydrogen-bond donors (Lipinski definition) is 0. The first-order chi connectivity index (χ1) is 5.25. The molecule has 0 amide bonds. The third kappa shape index (κ3) is 1.96. The van der Waals surface area contributed by atoms with Crippen molar-refractivity contribution in [3.05, 3.63) is 28.2 Å². The van der Waals surface area contributed by atoms with E-state index in [-0.39, 0.29) is 0 Å². The van der Waals surface area contributed by atoms with E-state index in [1.807, 2.05) is 26.0 Å². The van der Waals surface area contributed by atoms with Crippen molar-refractivity contribution in [3.8, 4) is 5.75 Å². The molecule has 0 aliphatic heterocycles. The van der Waals surface area contributed by atoms with Gasteiger partial charge < -0.3 is 4.74 Å². The van der Waals surface area contributed by atoms with Gasteiger partial charge in [0.25, 0.3) is 0 Å². The molecule has 0 unspecified atom stereocenters. The van der Waals surface area contributed by atoms with E-state index in [0.717, 1.165) is 15.8 Å². The number of halogens is 1. The molecule has 1 radical (unpaired) electrons. The highest BCUT2D eigenvalue weighted by Crippen LogP contribution is 2.27. The summed E-state index contributed by atoms with van der Waals surface area (Å²) in [5, 5.41) is 0. The Kier molecular flexibility index (Phi) is 2.94. The third-order valence-electron chi connectivity index (χ3n) is 1.38. The Labute approximate surface area is 75.5 Å². The standard InChI is InChI=1S/C9H10BrO/c1-3-11-9-7(2)5-4-6-8(9)10/h4,6H,3H2,1-2H3. The second kappa shape index (κ2) is 3.77. The Morgan fingerprint density at radius 2 is 2.36 bits per heavy atom. The van der Waals surface area contributed by atoms with E-state index in [4.69, 9.17) is 4.74 Å². The summed E-state index contributed by atoms with van der Waals surface area (Å²) in [7, 11) is 0. The average Bonchev–Trinajstić information content (AvgIpc) is 1.97. The van der Waals surface area contributed by atoms with Gasteiger partial charge in [0.1, 0.15) is 5.75 Å². The lowest BCUT2D eigenvalue weighted by molar-refractivity contribution is 0.335. The Balaban J connectivity index is 3.00. The fraction of sp³-hybridized carbons (Fsp3) is 0.333. The van der Waals surface area contributed by atoms with E-state index in [0.29, 0.717) is 6.61 Å². The van der Waals surface area contributed by atoms with Gasteiger partial charge in [-0.25, -0.2) is 0 Å². The minimum atomic E-state index is 0.692. The molecule has 1 nitrogen and oxygen atoms in total. The second-order valence-electron chi connectivity index (χ2n) is 2.21. The molecule has 0 aliphatic carbocycles. The maximum absolute atomic E-state index is 5.39. The van der Waals surface area contributed by atoms with Gasteiger partial charge >= 0.3 is 0 Å². The largest absolute Gasteiger partial charge is 0.492 e. The van der Waals surface area contributed by atoms with E-state index in [9.17, 15) is 0 Å². The maximum Gasteiger partial charge on any atom is 0.136 e. The predicted octanol–water partition coefficient (Wildman–Crippen LogP) is 2.96. The number of ether oxygens (including phenoxy) is 1. The van der Waals surface area contributed by atoms with Gasteiger partial charge in [-0.15, -0.1) is 0 Å². The minimum absolute atomic E-state index is 0.692. The Bertz CT molecular complexity index is 225. The van der Waals surface area contributed by atoms with Crippen molar-refractivity contribution in [2.24, 2.45) is 0 Å². The van der Waals surface area contributed by atoms with E-state index >= 15 is 0 Å². The summed E-state index contributed by atoms with van der Waals surface area (Å²) in [6.45, 7) is 4.64. The van der Waals surface area contributed by atoms with Gasteiger partial charge in [0.15, 0.2) is 0 Å². The molecule has 0 heterocycles. The van der Waals surface area contributed by atoms with E-state index in [2.05, 4.69) is 22.0 Å². The quantitative estimate of drug-likeness (QED) is 0.735. The molecule has 1 aromatic carbocycles. The average molecular weight is 214 g/mol. The zero-order valence-corrected chi connectivity index (χ0v) is 8.23. The molecule has 1 rings (SSSR count). The highest BCUT2D eigenvalue weighted by Gasteiger charge is 2.02. The molecule has 0 fully saturated rings. The molecule has 0 saturated heterocycles. The molecule has 0 aromatic heterocycles. The number of aryl methyl sites for hydroxylation is 1. The van der Waals surface area contributed by atoms with Gasteiger partial charge in [-0.2, -0.15) is 0 Å². The van der Waals surface area contributed by atoms with Crippen LogP contribution >= 0.6 is 15.9 Å². The van der Waals surface area contributed by atoms with Crippen molar-refractivity contribution in [2.45, 2.75) is 13.8 Å². The van der Waals surface area contributed by atoms with Crippen LogP contribution in [0, 0.1) is 13.0 Å². The molecule has 0 atom stereocenters. The number of rotatable bonds is 2. The Morgan fingerprint density at radius 3 is 2.91 bits per heavy atom. The predicted molar refractivity (Wildman–Crippen MR) is 48.9 cm³/mol. The molecule has 11 heavy (non-hydrogen) atoms. The van der Waals surface area contributed by atoms with Crippen molar-refractivity contribution < 1.29 is 4.74 Å². The summed E-state index contributed by atoms with van der Waals surface area (Å²) in [5.41, 5.74) is 1.04. The van der Waals surface area contributed by atoms with Crippen LogP contribution in [0.4, 0.5) is 0 Å². The fourth-order valence-corrected chi connectivity index (χ4v) is 1.43. The lowest BCUT2D eigenvalue weighted by atomic mass is 10.2. The summed E-state index contributed by atoms with van der Waals surface area (Å²) in [6.07, 6.45) is 0. The van der Waals surface area contributed by atoms with Gasteiger partial charge in [0.2, 0.25) is 0 Å². The van der Waals surface area contributed by atoms with Crippen molar-refractivity contribution >= 4 is 15.9 Å². The molecule has 2 heteroatoms. The van der Waals surface area contributed by atoms with Crippen LogP contribution in [0.5, 0.6) is 5.75 Å². The summed E-state index contributed by atoms with van der Waals surface area (Å²) in [5.74, 6) is 0.898. The summed E-state index contributed by atoms with van der Waals surface area (Å²) in [4.78, 5) is 0. The van der Waals surface area contributed by atoms with Crippen LogP contribution in [0.3, 0.4) is 0 Å². The fourth-order valence-electron chi connectivity index (χ4n) is 0.882. The Morgan fingerprint density at radius 1 is 1.64 bits per heavy atom. The topological polar surface area (TPSA) is 9.23 Å². The molecule has 59 valence electrons. The maximum atomic E-state index is 5.39. The van der Waals surface area contributed by atoms with Crippen molar-refractivity contribution in [2.75, 3.05) is 6.61 Å². The summed E-state index contributed by atoms with van der Waals surface area (Å²) in [6, 6.07) is 6.88. The van der Waals surface area contributed by atoms with Gasteiger partial charge in [0.05, 0.1) is 11.1 Å². The third-order valence-corrected chi connectivity index (χ3v) is 2.00. The second-order valence-corrected chi connectivity index (χ2v) is 3.07. The summed E-state index contributed by atoms with van der Waals surface area (Å²) < 4.78 is 6.39. The van der Waals surface area contributed by atoms with Crippen LogP contribution in [0.2, 0.25) is 0 Å². The molecule has 0 spiro atoms. The van der Waals surface area contributed by atoms with Crippen LogP contribution in [0.15, 0.2) is 16.6 Å². The van der Waals surface area contributed by atoms with Gasteiger partial charge in [-0.05, 0) is 41.9 Å². The lowest BCUT2D eigenvalue weighted by Gasteiger charge is -2.07. The molecule has 0 N–H and O–H groups in total. The van der Waals surface area contributed by atoms with E-state index in [1.165, 1.54) is 0 Å². The number of hydrogen-bond acceptors (Lipinski definition) is 1. The molecular formula is C9H10BrO. The first-order valence-corrected chi connectivity index (χ1v) is 4.34. The molecule has 1 aromatic rings. The van der Waals surface area contributed by atoms with Crippen molar-refractivity contribution in [3.63, 3.8) is 0 Å². The van der Waals surface area contributed by atoms with Gasteiger partial charge in [-0.3, -0.25) is 0 Å². The van der Waals surface area contributed by atoms with Crippen molar-refractivity contribution in [1.29, 1.82) is 0 Å². The smallest absolute Gasteiger partial charge is 0.136 e. The normalized spacial score (nSPS) is 9.73. The molecule has 0 saturated carbocycles. The molecule has 0 bridgehead atoms. The van der Waals surface area contributed by atoms with Crippen LogP contribution in [0.1, 0.15) is 12.5 Å². The molecule has 0 aliphatic rings. The van der Waals surface area contributed by atoms with E-state index < -0.39 is 0 Å². The van der Waals surface area contributed by atoms with Crippen LogP contribution < -0.4 is 4.74 Å². The molecular weight excluding hydrogens is 204 g/mol. The monoisotopic (exact) mass is 213 g/mol. The van der Waals surface area contributed by atoms with Gasteiger partial charge in [0, 0.05) is 5.56 Å². The zero-order chi connectivity index (χ0) is 8.27. The highest BCUT2D eigenvalue weighted by atomic mass is 79.9. The van der Waals surface area contributed by atoms with Crippen LogP contribution in [-0.4, -0.2) is 6.61 Å². The highest BCUT2D eigenvalue weighted by molar-refractivity contribution is 9.10. The summed E-state index contributed by atoms with van der Waals surface area (Å²) >= 11 is 3.40. The van der Waals surface area contributed by atoms with Crippen LogP contribution in [-0.2, 0) is 0 Å².